The zero-order valence-electron chi connectivity index (χ0n) is 9.15. The maximum Gasteiger partial charge on any atom is 0.0725 e. The van der Waals surface area contributed by atoms with E-state index in [0.717, 1.165) is 21.5 Å². The van der Waals surface area contributed by atoms with Gasteiger partial charge in [-0.15, -0.1) is 11.3 Å². The third-order valence-corrected chi connectivity index (χ3v) is 4.57. The normalized spacial score (nSPS) is 15.9. The number of benzene rings is 1. The number of rotatable bonds is 2. The van der Waals surface area contributed by atoms with E-state index in [1.54, 1.807) is 11.3 Å². The first-order valence-corrected chi connectivity index (χ1v) is 7.10. The molecule has 88 valence electrons. The quantitative estimate of drug-likeness (QED) is 0.920. The van der Waals surface area contributed by atoms with Crippen molar-refractivity contribution >= 4 is 27.3 Å². The molecular weight excluding hydrogens is 298 g/mol. The molecule has 1 aromatic heterocycles. The Labute approximate surface area is 113 Å². The summed E-state index contributed by atoms with van der Waals surface area (Å²) in [6.45, 7) is 1.44. The van der Waals surface area contributed by atoms with E-state index in [2.05, 4.69) is 45.6 Å². The highest BCUT2D eigenvalue weighted by molar-refractivity contribution is 9.11. The molecule has 1 unspecified atom stereocenters. The molecule has 3 rings (SSSR count). The van der Waals surface area contributed by atoms with Gasteiger partial charge in [0, 0.05) is 0 Å². The summed E-state index contributed by atoms with van der Waals surface area (Å²) in [5, 5.41) is 2.10. The van der Waals surface area contributed by atoms with Crippen molar-refractivity contribution in [1.29, 1.82) is 0 Å². The summed E-state index contributed by atoms with van der Waals surface area (Å²) in [6.07, 6.45) is 0. The lowest BCUT2D eigenvalue weighted by atomic mass is 9.98. The van der Waals surface area contributed by atoms with Crippen molar-refractivity contribution in [2.24, 2.45) is 5.73 Å². The molecule has 4 heteroatoms. The zero-order chi connectivity index (χ0) is 11.8. The number of thiophene rings is 1. The van der Waals surface area contributed by atoms with E-state index in [-0.39, 0.29) is 6.04 Å². The standard InChI is InChI=1S/C13H12BrNOS/c14-12-4-11(7-17-12)13(15)8-1-2-9-5-16-6-10(9)3-8/h1-4,7,13H,5-6,15H2. The first-order chi connectivity index (χ1) is 8.24. The highest BCUT2D eigenvalue weighted by Crippen LogP contribution is 2.30. The van der Waals surface area contributed by atoms with Crippen LogP contribution in [0.2, 0.25) is 0 Å². The molecule has 0 fully saturated rings. The summed E-state index contributed by atoms with van der Waals surface area (Å²) in [5.41, 5.74) is 11.1. The minimum atomic E-state index is -0.0524. The Balaban J connectivity index is 1.94. The van der Waals surface area contributed by atoms with Crippen LogP contribution in [0, 0.1) is 0 Å². The van der Waals surface area contributed by atoms with Gasteiger partial charge in [-0.2, -0.15) is 0 Å². The third-order valence-electron chi connectivity index (χ3n) is 3.05. The minimum Gasteiger partial charge on any atom is -0.372 e. The molecule has 0 bridgehead atoms. The Morgan fingerprint density at radius 1 is 1.18 bits per heavy atom. The van der Waals surface area contributed by atoms with E-state index in [0.29, 0.717) is 6.61 Å². The Hall–Kier alpha value is -0.680. The molecular formula is C13H12BrNOS. The number of fused-ring (bicyclic) bond motifs is 1. The van der Waals surface area contributed by atoms with Crippen molar-refractivity contribution < 1.29 is 4.74 Å². The second-order valence-corrected chi connectivity index (χ2v) is 6.47. The first kappa shape index (κ1) is 11.4. The fourth-order valence-corrected chi connectivity index (χ4v) is 3.28. The van der Waals surface area contributed by atoms with Gasteiger partial charge < -0.3 is 10.5 Å². The van der Waals surface area contributed by atoms with E-state index < -0.39 is 0 Å². The molecule has 1 aliphatic heterocycles. The predicted octanol–water partition coefficient (Wildman–Crippen LogP) is 3.59. The monoisotopic (exact) mass is 309 g/mol. The third kappa shape index (κ3) is 2.18. The second-order valence-electron chi connectivity index (χ2n) is 4.18. The van der Waals surface area contributed by atoms with Crippen molar-refractivity contribution in [3.63, 3.8) is 0 Å². The number of halogens is 1. The lowest BCUT2D eigenvalue weighted by Gasteiger charge is -2.11. The van der Waals surface area contributed by atoms with Crippen LogP contribution < -0.4 is 5.73 Å². The first-order valence-electron chi connectivity index (χ1n) is 5.43. The molecule has 1 atom stereocenters. The molecule has 17 heavy (non-hydrogen) atoms. The Kier molecular flexibility index (Phi) is 3.04. The molecule has 0 radical (unpaired) electrons. The van der Waals surface area contributed by atoms with Crippen LogP contribution >= 0.6 is 27.3 Å². The van der Waals surface area contributed by atoms with Gasteiger partial charge >= 0.3 is 0 Å². The smallest absolute Gasteiger partial charge is 0.0725 e. The van der Waals surface area contributed by atoms with E-state index in [1.165, 1.54) is 11.1 Å². The summed E-state index contributed by atoms with van der Waals surface area (Å²) in [4.78, 5) is 0. The van der Waals surface area contributed by atoms with Crippen LogP contribution in [0.5, 0.6) is 0 Å². The van der Waals surface area contributed by atoms with Crippen molar-refractivity contribution in [3.05, 3.63) is 55.7 Å². The summed E-state index contributed by atoms with van der Waals surface area (Å²) >= 11 is 5.13. The highest BCUT2D eigenvalue weighted by Gasteiger charge is 2.15. The Morgan fingerprint density at radius 3 is 2.76 bits per heavy atom. The number of hydrogen-bond donors (Lipinski definition) is 1. The van der Waals surface area contributed by atoms with Crippen LogP contribution in [0.4, 0.5) is 0 Å². The van der Waals surface area contributed by atoms with Crippen molar-refractivity contribution in [2.45, 2.75) is 19.3 Å². The van der Waals surface area contributed by atoms with Gasteiger partial charge in [0.05, 0.1) is 23.0 Å². The van der Waals surface area contributed by atoms with Gasteiger partial charge in [-0.25, -0.2) is 0 Å². The molecule has 0 amide bonds. The molecule has 2 aromatic rings. The summed E-state index contributed by atoms with van der Waals surface area (Å²) in [6, 6.07) is 8.42. The van der Waals surface area contributed by atoms with E-state index in [1.807, 2.05) is 0 Å². The van der Waals surface area contributed by atoms with Crippen LogP contribution in [0.15, 0.2) is 33.4 Å². The van der Waals surface area contributed by atoms with Gasteiger partial charge in [-0.1, -0.05) is 18.2 Å². The van der Waals surface area contributed by atoms with E-state index in [9.17, 15) is 0 Å². The molecule has 0 saturated carbocycles. The topological polar surface area (TPSA) is 35.2 Å². The van der Waals surface area contributed by atoms with Crippen molar-refractivity contribution in [3.8, 4) is 0 Å². The lowest BCUT2D eigenvalue weighted by Crippen LogP contribution is -2.11. The van der Waals surface area contributed by atoms with Crippen LogP contribution in [0.25, 0.3) is 0 Å². The molecule has 2 nitrogen and oxygen atoms in total. The maximum absolute atomic E-state index is 6.27. The van der Waals surface area contributed by atoms with E-state index >= 15 is 0 Å². The highest BCUT2D eigenvalue weighted by atomic mass is 79.9. The van der Waals surface area contributed by atoms with Crippen LogP contribution in [0.1, 0.15) is 28.3 Å². The van der Waals surface area contributed by atoms with Crippen LogP contribution in [0.3, 0.4) is 0 Å². The van der Waals surface area contributed by atoms with Gasteiger partial charge in [-0.3, -0.25) is 0 Å². The van der Waals surface area contributed by atoms with Gasteiger partial charge in [0.1, 0.15) is 0 Å². The SMILES string of the molecule is NC(c1csc(Br)c1)c1ccc2c(c1)COC2. The zero-order valence-corrected chi connectivity index (χ0v) is 11.6. The fourth-order valence-electron chi connectivity index (χ4n) is 2.06. The molecule has 2 N–H and O–H groups in total. The predicted molar refractivity (Wildman–Crippen MR) is 73.0 cm³/mol. The summed E-state index contributed by atoms with van der Waals surface area (Å²) in [5.74, 6) is 0. The minimum absolute atomic E-state index is 0.0524. The average molecular weight is 310 g/mol. The summed E-state index contributed by atoms with van der Waals surface area (Å²) in [7, 11) is 0. The second kappa shape index (κ2) is 4.53. The average Bonchev–Trinajstić information content (AvgIpc) is 2.95. The van der Waals surface area contributed by atoms with Crippen LogP contribution in [-0.4, -0.2) is 0 Å². The molecule has 1 aliphatic rings. The summed E-state index contributed by atoms with van der Waals surface area (Å²) < 4.78 is 6.53. The van der Waals surface area contributed by atoms with Gasteiger partial charge in [0.2, 0.25) is 0 Å². The van der Waals surface area contributed by atoms with Crippen molar-refractivity contribution in [2.75, 3.05) is 0 Å². The lowest BCUT2D eigenvalue weighted by molar-refractivity contribution is 0.134. The molecule has 0 saturated heterocycles. The maximum atomic E-state index is 6.27. The number of nitrogens with two attached hydrogens (primary N) is 1. The van der Waals surface area contributed by atoms with Gasteiger partial charge in [0.25, 0.3) is 0 Å². The molecule has 0 spiro atoms. The molecule has 2 heterocycles. The Bertz CT molecular complexity index is 552. The van der Waals surface area contributed by atoms with Crippen LogP contribution in [-0.2, 0) is 18.0 Å². The number of hydrogen-bond acceptors (Lipinski definition) is 3. The number of ether oxygens (including phenoxy) is 1. The molecule has 1 aromatic carbocycles. The van der Waals surface area contributed by atoms with Gasteiger partial charge in [-0.05, 0) is 49.6 Å². The van der Waals surface area contributed by atoms with Gasteiger partial charge in [0.15, 0.2) is 0 Å². The molecule has 0 aliphatic carbocycles. The van der Waals surface area contributed by atoms with E-state index in [4.69, 9.17) is 10.5 Å². The largest absolute Gasteiger partial charge is 0.372 e. The Morgan fingerprint density at radius 2 is 2.00 bits per heavy atom. The van der Waals surface area contributed by atoms with Crippen molar-refractivity contribution in [1.82, 2.24) is 0 Å². The fraction of sp³-hybridized carbons (Fsp3) is 0.231.